The number of rotatable bonds is 6. The number of benzene rings is 2. The third kappa shape index (κ3) is 3.57. The molecule has 1 N–H and O–H groups in total. The molecule has 0 radical (unpaired) electrons. The molecular weight excluding hydrogens is 318 g/mol. The average Bonchev–Trinajstić information content (AvgIpc) is 3.08. The van der Waals surface area contributed by atoms with Gasteiger partial charge >= 0.3 is 0 Å². The lowest BCUT2D eigenvalue weighted by Gasteiger charge is -2.14. The molecule has 0 aliphatic heterocycles. The number of hydrogen-bond acceptors (Lipinski definition) is 4. The van der Waals surface area contributed by atoms with E-state index in [4.69, 9.17) is 0 Å². The standard InChI is InChI=1S/C19H21N3OS/c1-3-4-12-22(2)18(23)17-13-24-19(21-17)20-16-11-7-9-14-8-5-6-10-15(14)16/h5-11,13H,3-4,12H2,1-2H3,(H,20,21). The van der Waals surface area contributed by atoms with Gasteiger partial charge in [-0.2, -0.15) is 0 Å². The lowest BCUT2D eigenvalue weighted by atomic mass is 10.1. The van der Waals surface area contributed by atoms with Crippen molar-refractivity contribution in [2.24, 2.45) is 0 Å². The van der Waals surface area contributed by atoms with Crippen molar-refractivity contribution < 1.29 is 4.79 Å². The van der Waals surface area contributed by atoms with E-state index in [0.717, 1.165) is 35.6 Å². The smallest absolute Gasteiger partial charge is 0.273 e. The Bertz CT molecular complexity index is 838. The third-order valence-corrected chi connectivity index (χ3v) is 4.71. The molecule has 0 fully saturated rings. The van der Waals surface area contributed by atoms with Gasteiger partial charge in [-0.05, 0) is 17.9 Å². The number of nitrogens with zero attached hydrogens (tertiary/aromatic N) is 2. The van der Waals surface area contributed by atoms with Crippen LogP contribution in [0.15, 0.2) is 47.8 Å². The van der Waals surface area contributed by atoms with Crippen molar-refractivity contribution >= 4 is 38.8 Å². The summed E-state index contributed by atoms with van der Waals surface area (Å²) in [6, 6.07) is 14.3. The van der Waals surface area contributed by atoms with Gasteiger partial charge in [-0.15, -0.1) is 11.3 Å². The zero-order chi connectivity index (χ0) is 16.9. The summed E-state index contributed by atoms with van der Waals surface area (Å²) in [7, 11) is 1.83. The van der Waals surface area contributed by atoms with Crippen LogP contribution in [0.25, 0.3) is 10.8 Å². The lowest BCUT2D eigenvalue weighted by molar-refractivity contribution is 0.0788. The molecule has 0 spiro atoms. The maximum atomic E-state index is 12.4. The van der Waals surface area contributed by atoms with Crippen LogP contribution >= 0.6 is 11.3 Å². The first-order valence-corrected chi connectivity index (χ1v) is 9.03. The van der Waals surface area contributed by atoms with Gasteiger partial charge in [-0.1, -0.05) is 49.7 Å². The molecule has 0 unspecified atom stereocenters. The highest BCUT2D eigenvalue weighted by atomic mass is 32.1. The highest BCUT2D eigenvalue weighted by Gasteiger charge is 2.15. The van der Waals surface area contributed by atoms with Crippen LogP contribution in [0.4, 0.5) is 10.8 Å². The zero-order valence-corrected chi connectivity index (χ0v) is 14.8. The van der Waals surface area contributed by atoms with Crippen LogP contribution in [0.3, 0.4) is 0 Å². The Morgan fingerprint density at radius 2 is 2.00 bits per heavy atom. The molecule has 0 saturated heterocycles. The van der Waals surface area contributed by atoms with Crippen LogP contribution < -0.4 is 5.32 Å². The van der Waals surface area contributed by atoms with E-state index in [0.29, 0.717) is 5.69 Å². The van der Waals surface area contributed by atoms with Crippen LogP contribution in [0.1, 0.15) is 30.3 Å². The van der Waals surface area contributed by atoms with E-state index in [1.54, 1.807) is 4.90 Å². The Morgan fingerprint density at radius 3 is 2.83 bits per heavy atom. The van der Waals surface area contributed by atoms with Crippen molar-refractivity contribution in [3.05, 3.63) is 53.5 Å². The molecule has 1 amide bonds. The van der Waals surface area contributed by atoms with Gasteiger partial charge in [0.2, 0.25) is 0 Å². The molecule has 24 heavy (non-hydrogen) atoms. The minimum absolute atomic E-state index is 0.0225. The van der Waals surface area contributed by atoms with Gasteiger partial charge in [0.25, 0.3) is 5.91 Å². The van der Waals surface area contributed by atoms with Crippen molar-refractivity contribution in [2.45, 2.75) is 19.8 Å². The van der Waals surface area contributed by atoms with Crippen molar-refractivity contribution in [1.82, 2.24) is 9.88 Å². The fraction of sp³-hybridized carbons (Fsp3) is 0.263. The summed E-state index contributed by atoms with van der Waals surface area (Å²) < 4.78 is 0. The number of hydrogen-bond donors (Lipinski definition) is 1. The summed E-state index contributed by atoms with van der Waals surface area (Å²) in [6.07, 6.45) is 2.08. The molecule has 0 atom stereocenters. The number of anilines is 2. The van der Waals surface area contributed by atoms with Gasteiger partial charge in [-0.3, -0.25) is 4.79 Å². The normalized spacial score (nSPS) is 10.8. The first kappa shape index (κ1) is 16.5. The highest BCUT2D eigenvalue weighted by molar-refractivity contribution is 7.14. The maximum absolute atomic E-state index is 12.4. The van der Waals surface area contributed by atoms with E-state index >= 15 is 0 Å². The van der Waals surface area contributed by atoms with Gasteiger partial charge in [0.15, 0.2) is 5.13 Å². The van der Waals surface area contributed by atoms with Crippen molar-refractivity contribution in [3.63, 3.8) is 0 Å². The Hall–Kier alpha value is -2.40. The van der Waals surface area contributed by atoms with Gasteiger partial charge < -0.3 is 10.2 Å². The second-order valence-corrected chi connectivity index (χ2v) is 6.63. The van der Waals surface area contributed by atoms with Crippen LogP contribution in [0.2, 0.25) is 0 Å². The Labute approximate surface area is 146 Å². The Kier molecular flexibility index (Phi) is 5.11. The first-order valence-electron chi connectivity index (χ1n) is 8.15. The number of aromatic nitrogens is 1. The molecule has 1 aromatic heterocycles. The molecular formula is C19H21N3OS. The minimum atomic E-state index is -0.0225. The fourth-order valence-electron chi connectivity index (χ4n) is 2.57. The summed E-state index contributed by atoms with van der Waals surface area (Å²) in [6.45, 7) is 2.88. The predicted molar refractivity (Wildman–Crippen MR) is 101 cm³/mol. The molecule has 5 heteroatoms. The molecule has 3 aromatic rings. The number of amides is 1. The summed E-state index contributed by atoms with van der Waals surface area (Å²) in [5.41, 5.74) is 1.50. The van der Waals surface area contributed by atoms with Gasteiger partial charge in [-0.25, -0.2) is 4.98 Å². The number of thiazole rings is 1. The first-order chi connectivity index (χ1) is 11.7. The van der Waals surface area contributed by atoms with E-state index in [9.17, 15) is 4.79 Å². The molecule has 2 aromatic carbocycles. The van der Waals surface area contributed by atoms with Crippen molar-refractivity contribution in [3.8, 4) is 0 Å². The van der Waals surface area contributed by atoms with Crippen molar-refractivity contribution in [2.75, 3.05) is 18.9 Å². The van der Waals surface area contributed by atoms with Crippen LogP contribution in [-0.2, 0) is 0 Å². The molecule has 124 valence electrons. The van der Waals surface area contributed by atoms with Crippen LogP contribution in [-0.4, -0.2) is 29.4 Å². The second kappa shape index (κ2) is 7.45. The largest absolute Gasteiger partial charge is 0.340 e. The van der Waals surface area contributed by atoms with E-state index in [2.05, 4.69) is 35.4 Å². The fourth-order valence-corrected chi connectivity index (χ4v) is 3.27. The summed E-state index contributed by atoms with van der Waals surface area (Å²) in [5.74, 6) is -0.0225. The number of unbranched alkanes of at least 4 members (excludes halogenated alkanes) is 1. The number of nitrogens with one attached hydrogen (secondary N) is 1. The quantitative estimate of drug-likeness (QED) is 0.694. The van der Waals surface area contributed by atoms with Crippen molar-refractivity contribution in [1.29, 1.82) is 0 Å². The number of carbonyl (C=O) groups excluding carboxylic acids is 1. The number of carbonyl (C=O) groups is 1. The Morgan fingerprint density at radius 1 is 1.21 bits per heavy atom. The van der Waals surface area contributed by atoms with Gasteiger partial charge in [0.05, 0.1) is 0 Å². The summed E-state index contributed by atoms with van der Waals surface area (Å²) in [5, 5.41) is 8.21. The van der Waals surface area contributed by atoms with Gasteiger partial charge in [0, 0.05) is 30.0 Å². The third-order valence-electron chi connectivity index (χ3n) is 3.95. The zero-order valence-electron chi connectivity index (χ0n) is 14.0. The molecule has 4 nitrogen and oxygen atoms in total. The van der Waals surface area contributed by atoms with E-state index < -0.39 is 0 Å². The second-order valence-electron chi connectivity index (χ2n) is 5.77. The van der Waals surface area contributed by atoms with E-state index in [1.165, 1.54) is 16.7 Å². The average molecular weight is 339 g/mol. The molecule has 0 bridgehead atoms. The number of fused-ring (bicyclic) bond motifs is 1. The highest BCUT2D eigenvalue weighted by Crippen LogP contribution is 2.28. The molecule has 0 aliphatic rings. The van der Waals surface area contributed by atoms with Crippen LogP contribution in [0, 0.1) is 0 Å². The summed E-state index contributed by atoms with van der Waals surface area (Å²) in [4.78, 5) is 18.6. The molecule has 1 heterocycles. The molecule has 3 rings (SSSR count). The topological polar surface area (TPSA) is 45.2 Å². The molecule has 0 aliphatic carbocycles. The lowest BCUT2D eigenvalue weighted by Crippen LogP contribution is -2.27. The maximum Gasteiger partial charge on any atom is 0.273 e. The minimum Gasteiger partial charge on any atom is -0.340 e. The monoisotopic (exact) mass is 339 g/mol. The van der Waals surface area contributed by atoms with Gasteiger partial charge in [0.1, 0.15) is 5.69 Å². The predicted octanol–water partition coefficient (Wildman–Crippen LogP) is 4.91. The Balaban J connectivity index is 1.77. The summed E-state index contributed by atoms with van der Waals surface area (Å²) >= 11 is 1.45. The SMILES string of the molecule is CCCCN(C)C(=O)c1csc(Nc2cccc3ccccc23)n1. The van der Waals surface area contributed by atoms with Crippen LogP contribution in [0.5, 0.6) is 0 Å². The van der Waals surface area contributed by atoms with E-state index in [-0.39, 0.29) is 5.91 Å². The van der Waals surface area contributed by atoms with E-state index in [1.807, 2.05) is 36.7 Å². The molecule has 0 saturated carbocycles.